The Morgan fingerprint density at radius 3 is 3.14 bits per heavy atom. The molecule has 3 aliphatic rings. The second-order valence-electron chi connectivity index (χ2n) is 6.36. The number of rotatable bonds is 2. The zero-order valence-electron chi connectivity index (χ0n) is 12.4. The summed E-state index contributed by atoms with van der Waals surface area (Å²) in [7, 11) is 0. The standard InChI is InChI=1S/C16H18ClN3O2/c1-9-4-10-2-3-20(9)7-14(10)19-16(21)13-5-11-12(17)8-22-15(11)6-18-13/h5-6,8-10,14H,2-4,7H2,1H3,(H,19,21). The first kappa shape index (κ1) is 14.0. The van der Waals surface area contributed by atoms with Crippen LogP contribution in [0.15, 0.2) is 22.9 Å². The van der Waals surface area contributed by atoms with Gasteiger partial charge in [0, 0.05) is 24.0 Å². The van der Waals surface area contributed by atoms with Gasteiger partial charge in [0.05, 0.1) is 11.2 Å². The van der Waals surface area contributed by atoms with E-state index < -0.39 is 0 Å². The van der Waals surface area contributed by atoms with Gasteiger partial charge in [-0.05, 0) is 38.3 Å². The van der Waals surface area contributed by atoms with Crippen molar-refractivity contribution in [1.82, 2.24) is 15.2 Å². The van der Waals surface area contributed by atoms with Crippen LogP contribution in [-0.2, 0) is 0 Å². The van der Waals surface area contributed by atoms with Crippen LogP contribution < -0.4 is 5.32 Å². The molecule has 4 unspecified atom stereocenters. The lowest BCUT2D eigenvalue weighted by Crippen LogP contribution is -2.60. The molecule has 6 heteroatoms. The minimum Gasteiger partial charge on any atom is -0.461 e. The number of aromatic nitrogens is 1. The predicted molar refractivity (Wildman–Crippen MR) is 84.0 cm³/mol. The molecule has 2 aromatic rings. The molecule has 5 heterocycles. The summed E-state index contributed by atoms with van der Waals surface area (Å²) in [4.78, 5) is 19.1. The first-order valence-corrected chi connectivity index (χ1v) is 8.07. The number of furan rings is 1. The highest BCUT2D eigenvalue weighted by Gasteiger charge is 2.38. The van der Waals surface area contributed by atoms with E-state index >= 15 is 0 Å². The third kappa shape index (κ3) is 2.29. The fraction of sp³-hybridized carbons (Fsp3) is 0.500. The van der Waals surface area contributed by atoms with Crippen LogP contribution in [0.5, 0.6) is 0 Å². The Hall–Kier alpha value is -1.59. The maximum atomic E-state index is 12.5. The van der Waals surface area contributed by atoms with E-state index in [-0.39, 0.29) is 11.9 Å². The second-order valence-corrected chi connectivity index (χ2v) is 6.76. The lowest BCUT2D eigenvalue weighted by molar-refractivity contribution is 0.0273. The van der Waals surface area contributed by atoms with Crippen molar-refractivity contribution in [1.29, 1.82) is 0 Å². The van der Waals surface area contributed by atoms with Crippen molar-refractivity contribution in [3.05, 3.63) is 29.2 Å². The minimum atomic E-state index is -0.134. The predicted octanol–water partition coefficient (Wildman–Crippen LogP) is 2.69. The molecule has 2 bridgehead atoms. The number of carbonyl (C=O) groups excluding carboxylic acids is 1. The summed E-state index contributed by atoms with van der Waals surface area (Å²) < 4.78 is 5.25. The first-order valence-electron chi connectivity index (χ1n) is 7.69. The molecule has 3 fully saturated rings. The van der Waals surface area contributed by atoms with Crippen molar-refractivity contribution < 1.29 is 9.21 Å². The van der Waals surface area contributed by atoms with Crippen LogP contribution in [0.1, 0.15) is 30.3 Å². The average Bonchev–Trinajstić information content (AvgIpc) is 2.89. The summed E-state index contributed by atoms with van der Waals surface area (Å²) in [6.07, 6.45) is 5.33. The third-order valence-electron chi connectivity index (χ3n) is 5.02. The summed E-state index contributed by atoms with van der Waals surface area (Å²) in [5.74, 6) is 0.441. The lowest BCUT2D eigenvalue weighted by atomic mass is 9.80. The molecule has 1 N–H and O–H groups in total. The molecule has 1 amide bonds. The molecule has 116 valence electrons. The van der Waals surface area contributed by atoms with Gasteiger partial charge in [0.25, 0.3) is 5.91 Å². The van der Waals surface area contributed by atoms with Crippen molar-refractivity contribution in [2.24, 2.45) is 5.92 Å². The molecule has 3 aliphatic heterocycles. The van der Waals surface area contributed by atoms with Gasteiger partial charge in [0.1, 0.15) is 12.0 Å². The number of nitrogens with zero attached hydrogens (tertiary/aromatic N) is 2. The zero-order chi connectivity index (χ0) is 15.3. The maximum absolute atomic E-state index is 12.5. The molecule has 5 nitrogen and oxygen atoms in total. The third-order valence-corrected chi connectivity index (χ3v) is 5.31. The Morgan fingerprint density at radius 2 is 2.41 bits per heavy atom. The van der Waals surface area contributed by atoms with Crippen LogP contribution in [0.2, 0.25) is 5.02 Å². The number of nitrogens with one attached hydrogen (secondary N) is 1. The van der Waals surface area contributed by atoms with E-state index in [2.05, 4.69) is 22.1 Å². The molecular formula is C16H18ClN3O2. The van der Waals surface area contributed by atoms with Crippen molar-refractivity contribution in [3.63, 3.8) is 0 Å². The molecule has 0 saturated carbocycles. The summed E-state index contributed by atoms with van der Waals surface area (Å²) in [6, 6.07) is 2.54. The average molecular weight is 320 g/mol. The lowest BCUT2D eigenvalue weighted by Gasteiger charge is -2.48. The summed E-state index contributed by atoms with van der Waals surface area (Å²) in [6.45, 7) is 4.35. The van der Waals surface area contributed by atoms with E-state index in [1.807, 2.05) is 0 Å². The quantitative estimate of drug-likeness (QED) is 0.924. The van der Waals surface area contributed by atoms with Gasteiger partial charge >= 0.3 is 0 Å². The molecule has 5 rings (SSSR count). The van der Waals surface area contributed by atoms with Crippen molar-refractivity contribution in [2.45, 2.75) is 31.8 Å². The fourth-order valence-electron chi connectivity index (χ4n) is 3.73. The van der Waals surface area contributed by atoms with Crippen molar-refractivity contribution in [3.8, 4) is 0 Å². The van der Waals surface area contributed by atoms with Gasteiger partial charge in [0.2, 0.25) is 0 Å². The number of amides is 1. The van der Waals surface area contributed by atoms with Crippen molar-refractivity contribution >= 4 is 28.5 Å². The van der Waals surface area contributed by atoms with Crippen molar-refractivity contribution in [2.75, 3.05) is 13.1 Å². The highest BCUT2D eigenvalue weighted by molar-refractivity contribution is 6.35. The molecule has 3 saturated heterocycles. The molecule has 0 spiro atoms. The van der Waals surface area contributed by atoms with Gasteiger partial charge in [-0.25, -0.2) is 4.98 Å². The maximum Gasteiger partial charge on any atom is 0.270 e. The molecule has 4 atom stereocenters. The van der Waals surface area contributed by atoms with Gasteiger partial charge in [-0.3, -0.25) is 9.69 Å². The van der Waals surface area contributed by atoms with Crippen LogP contribution in [0.3, 0.4) is 0 Å². The Labute approximate surface area is 133 Å². The largest absolute Gasteiger partial charge is 0.461 e. The number of carbonyl (C=O) groups is 1. The van der Waals surface area contributed by atoms with E-state index in [1.54, 1.807) is 12.3 Å². The molecule has 0 radical (unpaired) electrons. The zero-order valence-corrected chi connectivity index (χ0v) is 13.1. The van der Waals surface area contributed by atoms with Crippen LogP contribution in [0, 0.1) is 5.92 Å². The van der Waals surface area contributed by atoms with Gasteiger partial charge in [-0.15, -0.1) is 0 Å². The smallest absolute Gasteiger partial charge is 0.270 e. The molecule has 0 aliphatic carbocycles. The first-order chi connectivity index (χ1) is 10.6. The number of halogens is 1. The van der Waals surface area contributed by atoms with Crippen LogP contribution in [-0.4, -0.2) is 41.0 Å². The normalized spacial score (nSPS) is 30.6. The van der Waals surface area contributed by atoms with Crippen LogP contribution >= 0.6 is 11.6 Å². The highest BCUT2D eigenvalue weighted by Crippen LogP contribution is 2.32. The summed E-state index contributed by atoms with van der Waals surface area (Å²) in [5.41, 5.74) is 0.985. The SMILES string of the molecule is CC1CC2CCN1CC2NC(=O)c1cc2c(Cl)coc2cn1. The number of pyridine rings is 1. The van der Waals surface area contributed by atoms with Crippen LogP contribution in [0.25, 0.3) is 11.0 Å². The number of hydrogen-bond acceptors (Lipinski definition) is 4. The Balaban J connectivity index is 1.53. The van der Waals surface area contributed by atoms with E-state index in [1.165, 1.54) is 6.26 Å². The van der Waals surface area contributed by atoms with Gasteiger partial charge in [-0.2, -0.15) is 0 Å². The molecule has 22 heavy (non-hydrogen) atoms. The van der Waals surface area contributed by atoms with Gasteiger partial charge in [0.15, 0.2) is 5.58 Å². The summed E-state index contributed by atoms with van der Waals surface area (Å²) in [5, 5.41) is 4.38. The molecule has 0 aromatic carbocycles. The van der Waals surface area contributed by atoms with Crippen LogP contribution in [0.4, 0.5) is 0 Å². The van der Waals surface area contributed by atoms with Gasteiger partial charge < -0.3 is 9.73 Å². The van der Waals surface area contributed by atoms with E-state index in [4.69, 9.17) is 16.0 Å². The number of hydrogen-bond donors (Lipinski definition) is 1. The Morgan fingerprint density at radius 1 is 1.55 bits per heavy atom. The minimum absolute atomic E-state index is 0.134. The topological polar surface area (TPSA) is 58.4 Å². The Bertz CT molecular complexity index is 729. The number of fused-ring (bicyclic) bond motifs is 4. The van der Waals surface area contributed by atoms with E-state index in [0.717, 1.165) is 31.3 Å². The Kier molecular flexibility index (Phi) is 3.35. The molecular weight excluding hydrogens is 302 g/mol. The van der Waals surface area contributed by atoms with E-state index in [0.29, 0.717) is 28.3 Å². The van der Waals surface area contributed by atoms with E-state index in [9.17, 15) is 4.79 Å². The highest BCUT2D eigenvalue weighted by atomic mass is 35.5. The second kappa shape index (κ2) is 5.25. The fourth-order valence-corrected chi connectivity index (χ4v) is 3.92. The monoisotopic (exact) mass is 319 g/mol. The number of piperidine rings is 3. The van der Waals surface area contributed by atoms with Gasteiger partial charge in [-0.1, -0.05) is 11.6 Å². The summed E-state index contributed by atoms with van der Waals surface area (Å²) >= 11 is 6.05. The molecule has 2 aromatic heterocycles.